The molecule has 3 aliphatic rings. The minimum Gasteiger partial charge on any atom is -0.371 e. The molecule has 1 aromatic carbocycles. The Morgan fingerprint density at radius 3 is 2.42 bits per heavy atom. The molecule has 0 aromatic heterocycles. The van der Waals surface area contributed by atoms with E-state index in [0.29, 0.717) is 18.9 Å². The number of rotatable bonds is 2. The molecule has 4 rings (SSSR count). The average Bonchev–Trinajstić information content (AvgIpc) is 3.16. The van der Waals surface area contributed by atoms with Gasteiger partial charge in [-0.25, -0.2) is 4.99 Å². The van der Waals surface area contributed by atoms with Crippen LogP contribution in [0.25, 0.3) is 6.08 Å². The number of aliphatic imine (C=N–C) groups is 1. The third-order valence-electron chi connectivity index (χ3n) is 4.62. The Balaban J connectivity index is 1.43. The number of carbonyl (C=O) groups is 1. The predicted molar refractivity (Wildman–Crippen MR) is 90.3 cm³/mol. The van der Waals surface area contributed by atoms with Crippen LogP contribution in [0.1, 0.15) is 18.4 Å². The Morgan fingerprint density at radius 1 is 1.17 bits per heavy atom. The lowest BCUT2D eigenvalue weighted by Gasteiger charge is -2.38. The van der Waals surface area contributed by atoms with Crippen LogP contribution in [-0.2, 0) is 14.3 Å². The van der Waals surface area contributed by atoms with Crippen molar-refractivity contribution in [2.24, 2.45) is 10.7 Å². The first-order valence-electron chi connectivity index (χ1n) is 8.14. The molecule has 3 aliphatic heterocycles. The summed E-state index contributed by atoms with van der Waals surface area (Å²) in [5.74, 6) is -0.481. The van der Waals surface area contributed by atoms with Gasteiger partial charge in [0.25, 0.3) is 5.91 Å². The van der Waals surface area contributed by atoms with Crippen molar-refractivity contribution in [2.75, 3.05) is 31.2 Å². The number of hydrogen-bond acceptors (Lipinski definition) is 6. The van der Waals surface area contributed by atoms with Crippen molar-refractivity contribution in [1.29, 1.82) is 0 Å². The topological polar surface area (TPSA) is 89.2 Å². The van der Waals surface area contributed by atoms with Crippen LogP contribution in [0.3, 0.4) is 0 Å². The second-order valence-corrected chi connectivity index (χ2v) is 6.17. The highest BCUT2D eigenvalue weighted by molar-refractivity contribution is 6.13. The lowest BCUT2D eigenvalue weighted by molar-refractivity contribution is -0.169. The molecule has 0 atom stereocenters. The number of benzene rings is 1. The molecule has 7 nitrogen and oxygen atoms in total. The van der Waals surface area contributed by atoms with E-state index in [0.717, 1.165) is 37.2 Å². The molecular weight excluding hydrogens is 308 g/mol. The molecule has 3 N–H and O–H groups in total. The maximum Gasteiger partial charge on any atom is 0.276 e. The second kappa shape index (κ2) is 5.92. The number of guanidine groups is 1. The van der Waals surface area contributed by atoms with Crippen molar-refractivity contribution in [3.8, 4) is 0 Å². The van der Waals surface area contributed by atoms with E-state index < -0.39 is 0 Å². The third kappa shape index (κ3) is 2.88. The first kappa shape index (κ1) is 15.2. The summed E-state index contributed by atoms with van der Waals surface area (Å²) in [5, 5.41) is 2.46. The summed E-state index contributed by atoms with van der Waals surface area (Å²) in [4.78, 5) is 17.9. The van der Waals surface area contributed by atoms with Crippen molar-refractivity contribution in [3.05, 3.63) is 35.5 Å². The molecule has 24 heavy (non-hydrogen) atoms. The van der Waals surface area contributed by atoms with Gasteiger partial charge in [0.2, 0.25) is 5.96 Å². The van der Waals surface area contributed by atoms with Gasteiger partial charge in [-0.1, -0.05) is 12.1 Å². The van der Waals surface area contributed by atoms with Gasteiger partial charge in [0.1, 0.15) is 5.70 Å². The first-order chi connectivity index (χ1) is 11.6. The highest BCUT2D eigenvalue weighted by Gasteiger charge is 2.39. The number of amides is 1. The van der Waals surface area contributed by atoms with Gasteiger partial charge in [-0.3, -0.25) is 10.1 Å². The standard InChI is InChI=1S/C17H20N4O3/c18-16-19-14(15(22)20-16)11-12-1-3-13(4-2-12)21-7-5-17(6-8-21)23-9-10-24-17/h1-4,11H,5-10H2,(H3,18,19,20,22)/b14-11-. The van der Waals surface area contributed by atoms with Crippen LogP contribution in [-0.4, -0.2) is 44.0 Å². The lowest BCUT2D eigenvalue weighted by Crippen LogP contribution is -2.45. The molecule has 0 bridgehead atoms. The fourth-order valence-electron chi connectivity index (χ4n) is 3.32. The molecule has 2 saturated heterocycles. The number of piperidine rings is 1. The van der Waals surface area contributed by atoms with Crippen LogP contribution in [0.5, 0.6) is 0 Å². The molecule has 7 heteroatoms. The van der Waals surface area contributed by atoms with Crippen LogP contribution >= 0.6 is 0 Å². The van der Waals surface area contributed by atoms with Crippen molar-refractivity contribution in [3.63, 3.8) is 0 Å². The number of hydrogen-bond donors (Lipinski definition) is 2. The predicted octanol–water partition coefficient (Wildman–Crippen LogP) is 0.815. The summed E-state index contributed by atoms with van der Waals surface area (Å²) >= 11 is 0. The number of carbonyl (C=O) groups excluding carboxylic acids is 1. The molecule has 1 aromatic rings. The summed E-state index contributed by atoms with van der Waals surface area (Å²) in [7, 11) is 0. The van der Waals surface area contributed by atoms with Crippen LogP contribution in [0.15, 0.2) is 35.0 Å². The fraction of sp³-hybridized carbons (Fsp3) is 0.412. The van der Waals surface area contributed by atoms with Gasteiger partial charge in [-0.05, 0) is 23.8 Å². The summed E-state index contributed by atoms with van der Waals surface area (Å²) in [6.45, 7) is 3.21. The van der Waals surface area contributed by atoms with E-state index in [1.54, 1.807) is 6.08 Å². The molecular formula is C17H20N4O3. The van der Waals surface area contributed by atoms with Crippen molar-refractivity contribution >= 4 is 23.6 Å². The van der Waals surface area contributed by atoms with Crippen molar-refractivity contribution in [2.45, 2.75) is 18.6 Å². The van der Waals surface area contributed by atoms with Crippen molar-refractivity contribution in [1.82, 2.24) is 5.32 Å². The Hall–Kier alpha value is -2.38. The SMILES string of the molecule is NC1=N/C(=C\c2ccc(N3CCC4(CC3)OCCO4)cc2)C(=O)N1. The van der Waals surface area contributed by atoms with E-state index in [-0.39, 0.29) is 17.7 Å². The van der Waals surface area contributed by atoms with Crippen LogP contribution in [0, 0.1) is 0 Å². The first-order valence-corrected chi connectivity index (χ1v) is 8.14. The van der Waals surface area contributed by atoms with E-state index in [1.165, 1.54) is 0 Å². The lowest BCUT2D eigenvalue weighted by atomic mass is 10.0. The number of nitrogens with one attached hydrogen (secondary N) is 1. The maximum atomic E-state index is 11.6. The zero-order valence-electron chi connectivity index (χ0n) is 13.3. The summed E-state index contributed by atoms with van der Waals surface area (Å²) in [6.07, 6.45) is 3.49. The van der Waals surface area contributed by atoms with Crippen LogP contribution in [0.2, 0.25) is 0 Å². The Bertz CT molecular complexity index is 695. The minimum atomic E-state index is -0.353. The summed E-state index contributed by atoms with van der Waals surface area (Å²) < 4.78 is 11.5. The largest absolute Gasteiger partial charge is 0.371 e. The highest BCUT2D eigenvalue weighted by atomic mass is 16.7. The molecule has 1 spiro atoms. The van der Waals surface area contributed by atoms with Crippen LogP contribution < -0.4 is 16.0 Å². The van der Waals surface area contributed by atoms with Gasteiger partial charge >= 0.3 is 0 Å². The highest BCUT2D eigenvalue weighted by Crippen LogP contribution is 2.33. The summed E-state index contributed by atoms with van der Waals surface area (Å²) in [5.41, 5.74) is 7.89. The summed E-state index contributed by atoms with van der Waals surface area (Å²) in [6, 6.07) is 8.07. The third-order valence-corrected chi connectivity index (χ3v) is 4.62. The normalized spacial score (nSPS) is 24.5. The van der Waals surface area contributed by atoms with Gasteiger partial charge in [-0.15, -0.1) is 0 Å². The number of ether oxygens (including phenoxy) is 2. The maximum absolute atomic E-state index is 11.6. The smallest absolute Gasteiger partial charge is 0.276 e. The van der Waals surface area contributed by atoms with Gasteiger partial charge in [-0.2, -0.15) is 0 Å². The molecule has 0 saturated carbocycles. The van der Waals surface area contributed by atoms with Gasteiger partial charge < -0.3 is 20.1 Å². The molecule has 126 valence electrons. The molecule has 1 amide bonds. The minimum absolute atomic E-state index is 0.140. The van der Waals surface area contributed by atoms with E-state index in [2.05, 4.69) is 27.3 Å². The molecule has 0 unspecified atom stereocenters. The van der Waals surface area contributed by atoms with Gasteiger partial charge in [0.05, 0.1) is 13.2 Å². The van der Waals surface area contributed by atoms with Gasteiger partial charge in [0.15, 0.2) is 5.79 Å². The molecule has 0 radical (unpaired) electrons. The molecule has 0 aliphatic carbocycles. The number of anilines is 1. The van der Waals surface area contributed by atoms with Crippen LogP contribution in [0.4, 0.5) is 5.69 Å². The molecule has 2 fully saturated rings. The number of nitrogens with zero attached hydrogens (tertiary/aromatic N) is 2. The Morgan fingerprint density at radius 2 is 1.83 bits per heavy atom. The van der Waals surface area contributed by atoms with E-state index in [1.807, 2.05) is 12.1 Å². The monoisotopic (exact) mass is 328 g/mol. The fourth-order valence-corrected chi connectivity index (χ4v) is 3.32. The quantitative estimate of drug-likeness (QED) is 0.785. The van der Waals surface area contributed by atoms with E-state index >= 15 is 0 Å². The van der Waals surface area contributed by atoms with E-state index in [4.69, 9.17) is 15.2 Å². The zero-order chi connectivity index (χ0) is 16.6. The molecule has 3 heterocycles. The second-order valence-electron chi connectivity index (χ2n) is 6.17. The average molecular weight is 328 g/mol. The number of nitrogens with two attached hydrogens (primary N) is 1. The zero-order valence-corrected chi connectivity index (χ0v) is 13.3. The Labute approximate surface area is 140 Å². The van der Waals surface area contributed by atoms with Gasteiger partial charge in [0, 0.05) is 31.6 Å². The Kier molecular flexibility index (Phi) is 3.74. The van der Waals surface area contributed by atoms with E-state index in [9.17, 15) is 4.79 Å². The van der Waals surface area contributed by atoms with Crippen molar-refractivity contribution < 1.29 is 14.3 Å².